The molecule has 0 aliphatic rings. The lowest BCUT2D eigenvalue weighted by molar-refractivity contribution is 0.236. The maximum Gasteiger partial charge on any atom is 0.138 e. The van der Waals surface area contributed by atoms with Gasteiger partial charge < -0.3 is 4.74 Å². The standard InChI is InChI=1S/C32H29Br2N3O/c33-30-11-7-26(8-12-30)3-1-19-37(20-2-4-27-9-13-31(34)14-10-27)21-22-38-32-23-29(24-36-25-32)6-5-28-15-17-35-18-16-28/h1-18,23-25H,19-22H2/b3-1+,4-2+,6-5+. The van der Waals surface area contributed by atoms with Crippen LogP contribution in [0.1, 0.15) is 22.3 Å². The van der Waals surface area contributed by atoms with Crippen LogP contribution in [0.4, 0.5) is 0 Å². The summed E-state index contributed by atoms with van der Waals surface area (Å²) in [5, 5.41) is 0. The van der Waals surface area contributed by atoms with E-state index in [4.69, 9.17) is 4.74 Å². The van der Waals surface area contributed by atoms with E-state index in [0.29, 0.717) is 6.61 Å². The highest BCUT2D eigenvalue weighted by Crippen LogP contribution is 2.15. The molecule has 0 unspecified atom stereocenters. The molecule has 4 rings (SSSR count). The molecule has 0 aliphatic carbocycles. The van der Waals surface area contributed by atoms with Crippen LogP contribution in [0, 0.1) is 0 Å². The monoisotopic (exact) mass is 629 g/mol. The van der Waals surface area contributed by atoms with Gasteiger partial charge in [-0.3, -0.25) is 14.9 Å². The van der Waals surface area contributed by atoms with E-state index in [9.17, 15) is 0 Å². The summed E-state index contributed by atoms with van der Waals surface area (Å²) >= 11 is 6.99. The number of halogens is 2. The smallest absolute Gasteiger partial charge is 0.138 e. The van der Waals surface area contributed by atoms with Crippen LogP contribution in [-0.2, 0) is 0 Å². The summed E-state index contributed by atoms with van der Waals surface area (Å²) in [6, 6.07) is 22.6. The predicted octanol–water partition coefficient (Wildman–Crippen LogP) is 8.28. The van der Waals surface area contributed by atoms with E-state index >= 15 is 0 Å². The Morgan fingerprint density at radius 1 is 0.632 bits per heavy atom. The van der Waals surface area contributed by atoms with Gasteiger partial charge >= 0.3 is 0 Å². The van der Waals surface area contributed by atoms with Crippen LogP contribution in [0.5, 0.6) is 5.75 Å². The first-order valence-electron chi connectivity index (χ1n) is 12.4. The lowest BCUT2D eigenvalue weighted by Gasteiger charge is -2.19. The molecule has 0 saturated heterocycles. The van der Waals surface area contributed by atoms with Crippen molar-refractivity contribution in [1.29, 1.82) is 0 Å². The lowest BCUT2D eigenvalue weighted by Crippen LogP contribution is -2.29. The van der Waals surface area contributed by atoms with Crippen molar-refractivity contribution in [3.05, 3.63) is 135 Å². The average Bonchev–Trinajstić information content (AvgIpc) is 2.94. The molecule has 0 aliphatic heterocycles. The fourth-order valence-corrected chi connectivity index (χ4v) is 4.17. The van der Waals surface area contributed by atoms with Crippen molar-refractivity contribution >= 4 is 56.2 Å². The zero-order chi connectivity index (χ0) is 26.4. The molecule has 0 saturated carbocycles. The van der Waals surface area contributed by atoms with Gasteiger partial charge in [-0.05, 0) is 64.7 Å². The number of ether oxygens (including phenoxy) is 1. The van der Waals surface area contributed by atoms with Crippen molar-refractivity contribution in [2.75, 3.05) is 26.2 Å². The third kappa shape index (κ3) is 9.86. The third-order valence-corrected chi connectivity index (χ3v) is 6.73. The van der Waals surface area contributed by atoms with E-state index in [2.05, 4.69) is 120 Å². The third-order valence-electron chi connectivity index (χ3n) is 5.67. The van der Waals surface area contributed by atoms with Crippen molar-refractivity contribution in [3.63, 3.8) is 0 Å². The molecule has 0 fully saturated rings. The van der Waals surface area contributed by atoms with Crippen LogP contribution in [0.3, 0.4) is 0 Å². The number of hydrogen-bond donors (Lipinski definition) is 0. The number of nitrogens with zero attached hydrogens (tertiary/aromatic N) is 3. The molecule has 0 spiro atoms. The predicted molar refractivity (Wildman–Crippen MR) is 166 cm³/mol. The van der Waals surface area contributed by atoms with Crippen LogP contribution >= 0.6 is 31.9 Å². The van der Waals surface area contributed by atoms with Crippen LogP contribution in [0.2, 0.25) is 0 Å². The topological polar surface area (TPSA) is 38.2 Å². The van der Waals surface area contributed by atoms with E-state index in [1.807, 2.05) is 36.5 Å². The molecule has 0 atom stereocenters. The SMILES string of the molecule is Brc1ccc(/C=C/CN(C/C=C/c2ccc(Br)cc2)CCOc2cncc(/C=C/c3ccncc3)c2)cc1. The minimum Gasteiger partial charge on any atom is -0.491 e. The molecule has 2 aromatic heterocycles. The summed E-state index contributed by atoms with van der Waals surface area (Å²) in [6.07, 6.45) is 19.9. The molecule has 6 heteroatoms. The van der Waals surface area contributed by atoms with E-state index in [1.54, 1.807) is 18.6 Å². The molecule has 2 aromatic carbocycles. The molecule has 4 aromatic rings. The Bertz CT molecular complexity index is 1290. The summed E-state index contributed by atoms with van der Waals surface area (Å²) in [6.45, 7) is 2.98. The Kier molecular flexibility index (Phi) is 11.1. The second kappa shape index (κ2) is 15.2. The van der Waals surface area contributed by atoms with E-state index in [1.165, 1.54) is 11.1 Å². The van der Waals surface area contributed by atoms with Gasteiger partial charge in [-0.2, -0.15) is 0 Å². The van der Waals surface area contributed by atoms with Crippen molar-refractivity contribution in [1.82, 2.24) is 14.9 Å². The van der Waals surface area contributed by atoms with Gasteiger partial charge in [0.05, 0.1) is 6.20 Å². The quantitative estimate of drug-likeness (QED) is 0.158. The summed E-state index contributed by atoms with van der Waals surface area (Å²) in [5.74, 6) is 0.762. The largest absolute Gasteiger partial charge is 0.491 e. The summed E-state index contributed by atoms with van der Waals surface area (Å²) in [5.41, 5.74) is 4.44. The number of rotatable bonds is 12. The lowest BCUT2D eigenvalue weighted by atomic mass is 10.2. The number of aromatic nitrogens is 2. The molecule has 0 amide bonds. The van der Waals surface area contributed by atoms with Crippen molar-refractivity contribution < 1.29 is 4.74 Å². The Morgan fingerprint density at radius 3 is 1.79 bits per heavy atom. The van der Waals surface area contributed by atoms with Crippen LogP contribution in [0.15, 0.2) is 113 Å². The van der Waals surface area contributed by atoms with Crippen LogP contribution in [-0.4, -0.2) is 41.1 Å². The minimum atomic E-state index is 0.567. The molecule has 192 valence electrons. The van der Waals surface area contributed by atoms with Crippen LogP contribution in [0.25, 0.3) is 24.3 Å². The highest BCUT2D eigenvalue weighted by Gasteiger charge is 2.03. The maximum absolute atomic E-state index is 6.08. The van der Waals surface area contributed by atoms with E-state index in [0.717, 1.165) is 45.5 Å². The molecule has 4 nitrogen and oxygen atoms in total. The van der Waals surface area contributed by atoms with Crippen molar-refractivity contribution in [3.8, 4) is 5.75 Å². The summed E-state index contributed by atoms with van der Waals surface area (Å²) in [7, 11) is 0. The zero-order valence-corrected chi connectivity index (χ0v) is 24.1. The van der Waals surface area contributed by atoms with Gasteiger partial charge in [0, 0.05) is 47.2 Å². The summed E-state index contributed by atoms with van der Waals surface area (Å²) < 4.78 is 8.24. The minimum absolute atomic E-state index is 0.567. The second-order valence-electron chi connectivity index (χ2n) is 8.58. The Morgan fingerprint density at radius 2 is 1.18 bits per heavy atom. The Hall–Kier alpha value is -3.32. The molecule has 38 heavy (non-hydrogen) atoms. The summed E-state index contributed by atoms with van der Waals surface area (Å²) in [4.78, 5) is 10.7. The van der Waals surface area contributed by atoms with Gasteiger partial charge in [-0.25, -0.2) is 0 Å². The van der Waals surface area contributed by atoms with Gasteiger partial charge in [-0.1, -0.05) is 92.6 Å². The second-order valence-corrected chi connectivity index (χ2v) is 10.4. The normalized spacial score (nSPS) is 11.8. The van der Waals surface area contributed by atoms with Crippen molar-refractivity contribution in [2.45, 2.75) is 0 Å². The van der Waals surface area contributed by atoms with Gasteiger partial charge in [0.2, 0.25) is 0 Å². The number of pyridine rings is 2. The molecule has 2 heterocycles. The number of hydrogen-bond acceptors (Lipinski definition) is 4. The zero-order valence-electron chi connectivity index (χ0n) is 21.0. The average molecular weight is 631 g/mol. The fraction of sp³-hybridized carbons (Fsp3) is 0.125. The highest BCUT2D eigenvalue weighted by atomic mass is 79.9. The number of benzene rings is 2. The fourth-order valence-electron chi connectivity index (χ4n) is 3.65. The molecular formula is C32H29Br2N3O. The first-order valence-corrected chi connectivity index (χ1v) is 14.0. The Labute approximate surface area is 241 Å². The maximum atomic E-state index is 6.08. The molecule has 0 N–H and O–H groups in total. The molecule has 0 bridgehead atoms. The van der Waals surface area contributed by atoms with Gasteiger partial charge in [0.1, 0.15) is 12.4 Å². The molecule has 0 radical (unpaired) electrons. The molecular weight excluding hydrogens is 602 g/mol. The van der Waals surface area contributed by atoms with Crippen molar-refractivity contribution in [2.24, 2.45) is 0 Å². The van der Waals surface area contributed by atoms with Gasteiger partial charge in [0.25, 0.3) is 0 Å². The first-order chi connectivity index (χ1) is 18.6. The Balaban J connectivity index is 1.34. The highest BCUT2D eigenvalue weighted by molar-refractivity contribution is 9.10. The van der Waals surface area contributed by atoms with E-state index < -0.39 is 0 Å². The first kappa shape index (κ1) is 27.7. The van der Waals surface area contributed by atoms with Gasteiger partial charge in [0.15, 0.2) is 0 Å². The van der Waals surface area contributed by atoms with Crippen LogP contribution < -0.4 is 4.74 Å². The van der Waals surface area contributed by atoms with Gasteiger partial charge in [-0.15, -0.1) is 0 Å². The van der Waals surface area contributed by atoms with E-state index in [-0.39, 0.29) is 0 Å².